The van der Waals surface area contributed by atoms with Crippen molar-refractivity contribution >= 4 is 17.8 Å². The summed E-state index contributed by atoms with van der Waals surface area (Å²) in [4.78, 5) is 0. The van der Waals surface area contributed by atoms with Crippen LogP contribution in [-0.2, 0) is 9.47 Å². The fraction of sp³-hybridized carbons (Fsp3) is 0.444. The van der Waals surface area contributed by atoms with Gasteiger partial charge in [0.2, 0.25) is 0 Å². The molecule has 1 aliphatic rings. The van der Waals surface area contributed by atoms with Gasteiger partial charge in [0.25, 0.3) is 0 Å². The molecule has 1 fully saturated rings. The second-order valence-corrected chi connectivity index (χ2v) is 6.69. The number of halogens is 4. The molecule has 0 unspecified atom stereocenters. The summed E-state index contributed by atoms with van der Waals surface area (Å²) in [6, 6.07) is 6.16. The molecule has 0 N–H and O–H groups in total. The molecule has 0 aliphatic carbocycles. The van der Waals surface area contributed by atoms with Crippen molar-refractivity contribution in [2.24, 2.45) is 0 Å². The van der Waals surface area contributed by atoms with Crippen LogP contribution >= 0.6 is 11.8 Å². The number of thioether (sulfide) groups is 1. The first-order valence-corrected chi connectivity index (χ1v) is 9.19. The lowest BCUT2D eigenvalue weighted by molar-refractivity contribution is -0.148. The molecule has 0 spiro atoms. The van der Waals surface area contributed by atoms with Crippen molar-refractivity contribution in [1.82, 2.24) is 0 Å². The van der Waals surface area contributed by atoms with Crippen LogP contribution in [0, 0.1) is 0 Å². The molecule has 0 aromatic heterocycles. The molecule has 1 aromatic carbocycles. The van der Waals surface area contributed by atoms with Crippen molar-refractivity contribution < 1.29 is 31.8 Å². The summed E-state index contributed by atoms with van der Waals surface area (Å²) in [5.41, 5.74) is 0.801. The van der Waals surface area contributed by atoms with E-state index in [0.717, 1.165) is 5.56 Å². The molecule has 26 heavy (non-hydrogen) atoms. The molecule has 1 heterocycles. The predicted molar refractivity (Wildman–Crippen MR) is 94.1 cm³/mol. The summed E-state index contributed by atoms with van der Waals surface area (Å²) >= 11 is 1.70. The van der Waals surface area contributed by atoms with Crippen LogP contribution in [0.2, 0.25) is 0 Å². The zero-order valence-corrected chi connectivity index (χ0v) is 14.9. The van der Waals surface area contributed by atoms with Crippen LogP contribution in [-0.4, -0.2) is 50.0 Å². The van der Waals surface area contributed by atoms with Crippen LogP contribution in [0.15, 0.2) is 42.5 Å². The SMILES string of the molecule is CSC1COC(/C=C/C=C/c2ccc(OCC(F)(F)C(F)F)cc2)OC1. The minimum Gasteiger partial charge on any atom is -0.487 e. The van der Waals surface area contributed by atoms with Crippen LogP contribution in [0.3, 0.4) is 0 Å². The smallest absolute Gasteiger partial charge is 0.340 e. The van der Waals surface area contributed by atoms with Gasteiger partial charge in [-0.25, -0.2) is 8.78 Å². The minimum atomic E-state index is -4.16. The van der Waals surface area contributed by atoms with E-state index in [0.29, 0.717) is 18.5 Å². The van der Waals surface area contributed by atoms with Crippen LogP contribution in [0.4, 0.5) is 17.6 Å². The molecule has 0 amide bonds. The number of hydrogen-bond donors (Lipinski definition) is 0. The van der Waals surface area contributed by atoms with Gasteiger partial charge in [-0.1, -0.05) is 30.4 Å². The zero-order valence-electron chi connectivity index (χ0n) is 14.1. The second-order valence-electron chi connectivity index (χ2n) is 5.56. The molecule has 2 rings (SSSR count). The lowest BCUT2D eigenvalue weighted by atomic mass is 10.2. The molecule has 0 radical (unpaired) electrons. The normalized spacial score (nSPS) is 21.8. The van der Waals surface area contributed by atoms with Crippen molar-refractivity contribution in [3.05, 3.63) is 48.1 Å². The average Bonchev–Trinajstić information content (AvgIpc) is 2.65. The molecular formula is C18H20F4O3S. The van der Waals surface area contributed by atoms with Crippen molar-refractivity contribution in [2.75, 3.05) is 26.1 Å². The van der Waals surface area contributed by atoms with E-state index in [2.05, 4.69) is 0 Å². The van der Waals surface area contributed by atoms with Crippen LogP contribution in [0.1, 0.15) is 5.56 Å². The monoisotopic (exact) mass is 392 g/mol. The molecule has 0 atom stereocenters. The summed E-state index contributed by atoms with van der Waals surface area (Å²) in [7, 11) is 0. The summed E-state index contributed by atoms with van der Waals surface area (Å²) in [5, 5.41) is 0.358. The highest BCUT2D eigenvalue weighted by molar-refractivity contribution is 7.99. The van der Waals surface area contributed by atoms with E-state index >= 15 is 0 Å². The third-order valence-corrected chi connectivity index (χ3v) is 4.46. The third kappa shape index (κ3) is 6.66. The molecule has 1 aromatic rings. The van der Waals surface area contributed by atoms with Gasteiger partial charge in [-0.2, -0.15) is 20.5 Å². The van der Waals surface area contributed by atoms with Gasteiger partial charge in [-0.3, -0.25) is 0 Å². The van der Waals surface area contributed by atoms with E-state index in [1.54, 1.807) is 48.2 Å². The first-order chi connectivity index (χ1) is 12.4. The fourth-order valence-corrected chi connectivity index (χ4v) is 2.42. The van der Waals surface area contributed by atoms with E-state index in [1.807, 2.05) is 6.26 Å². The van der Waals surface area contributed by atoms with Crippen LogP contribution < -0.4 is 4.74 Å². The Balaban J connectivity index is 1.78. The quantitative estimate of drug-likeness (QED) is 0.476. The number of benzene rings is 1. The van der Waals surface area contributed by atoms with Gasteiger partial charge >= 0.3 is 12.3 Å². The van der Waals surface area contributed by atoms with E-state index in [1.165, 1.54) is 12.1 Å². The Hall–Kier alpha value is -1.51. The molecular weight excluding hydrogens is 372 g/mol. The Kier molecular flexibility index (Phi) is 7.99. The number of rotatable bonds is 8. The Morgan fingerprint density at radius 3 is 2.42 bits per heavy atom. The fourth-order valence-electron chi connectivity index (χ4n) is 1.99. The van der Waals surface area contributed by atoms with Gasteiger partial charge in [0.15, 0.2) is 12.9 Å². The molecule has 3 nitrogen and oxygen atoms in total. The summed E-state index contributed by atoms with van der Waals surface area (Å²) in [6.45, 7) is -0.0702. The maximum Gasteiger partial charge on any atom is 0.340 e. The van der Waals surface area contributed by atoms with Crippen molar-refractivity contribution in [3.63, 3.8) is 0 Å². The Labute approximate surface area is 154 Å². The van der Waals surface area contributed by atoms with E-state index in [4.69, 9.17) is 14.2 Å². The Bertz CT molecular complexity index is 597. The van der Waals surface area contributed by atoms with Crippen molar-refractivity contribution in [3.8, 4) is 5.75 Å². The number of ether oxygens (including phenoxy) is 3. The van der Waals surface area contributed by atoms with E-state index in [9.17, 15) is 17.6 Å². The van der Waals surface area contributed by atoms with Gasteiger partial charge in [-0.15, -0.1) is 0 Å². The highest BCUT2D eigenvalue weighted by atomic mass is 32.2. The van der Waals surface area contributed by atoms with Crippen molar-refractivity contribution in [2.45, 2.75) is 23.9 Å². The first-order valence-electron chi connectivity index (χ1n) is 7.90. The number of allylic oxidation sites excluding steroid dienone is 2. The average molecular weight is 392 g/mol. The van der Waals surface area contributed by atoms with Gasteiger partial charge in [0.1, 0.15) is 5.75 Å². The lowest BCUT2D eigenvalue weighted by Crippen LogP contribution is -2.33. The lowest BCUT2D eigenvalue weighted by Gasteiger charge is -2.26. The predicted octanol–water partition coefficient (Wildman–Crippen LogP) is 4.64. The maximum absolute atomic E-state index is 12.8. The summed E-state index contributed by atoms with van der Waals surface area (Å²) in [6.07, 6.45) is 5.05. The van der Waals surface area contributed by atoms with Gasteiger partial charge < -0.3 is 14.2 Å². The van der Waals surface area contributed by atoms with Crippen LogP contribution in [0.5, 0.6) is 5.75 Å². The van der Waals surface area contributed by atoms with Gasteiger partial charge in [-0.05, 0) is 30.0 Å². The summed E-state index contributed by atoms with van der Waals surface area (Å²) in [5.74, 6) is -4.06. The van der Waals surface area contributed by atoms with Gasteiger partial charge in [0.05, 0.1) is 18.5 Å². The molecule has 144 valence electrons. The van der Waals surface area contributed by atoms with E-state index < -0.39 is 19.0 Å². The summed E-state index contributed by atoms with van der Waals surface area (Å²) < 4.78 is 65.5. The van der Waals surface area contributed by atoms with Crippen molar-refractivity contribution in [1.29, 1.82) is 0 Å². The van der Waals surface area contributed by atoms with Crippen LogP contribution in [0.25, 0.3) is 6.08 Å². The second kappa shape index (κ2) is 9.99. The standard InChI is InChI=1S/C18H20F4O3S/c1-26-15-10-23-16(24-11-15)5-3-2-4-13-6-8-14(9-7-13)25-12-18(21,22)17(19)20/h2-9,15-17H,10-12H2,1H3/b4-2+,5-3+. The highest BCUT2D eigenvalue weighted by Gasteiger charge is 2.41. The Morgan fingerprint density at radius 1 is 1.19 bits per heavy atom. The van der Waals surface area contributed by atoms with E-state index in [-0.39, 0.29) is 12.0 Å². The first kappa shape index (κ1) is 20.8. The molecule has 8 heteroatoms. The topological polar surface area (TPSA) is 27.7 Å². The minimum absolute atomic E-state index is 0.102. The molecule has 1 saturated heterocycles. The number of hydrogen-bond acceptors (Lipinski definition) is 4. The third-order valence-electron chi connectivity index (χ3n) is 3.52. The highest BCUT2D eigenvalue weighted by Crippen LogP contribution is 2.24. The maximum atomic E-state index is 12.8. The molecule has 0 bridgehead atoms. The van der Waals surface area contributed by atoms with Gasteiger partial charge in [0, 0.05) is 0 Å². The molecule has 1 aliphatic heterocycles. The largest absolute Gasteiger partial charge is 0.487 e. The number of alkyl halides is 4. The zero-order chi connectivity index (χ0) is 19.0. The molecule has 0 saturated carbocycles. The Morgan fingerprint density at radius 2 is 1.85 bits per heavy atom.